The van der Waals surface area contributed by atoms with Gasteiger partial charge < -0.3 is 0 Å². The summed E-state index contributed by atoms with van der Waals surface area (Å²) in [6.45, 7) is 1.95. The Balaban J connectivity index is 2.19. The SMILES string of the molecule is Cc1ccccc1CNS(=O)(=O)c1ccc(F)c(F)c1. The van der Waals surface area contributed by atoms with Crippen LogP contribution in [0.4, 0.5) is 8.78 Å². The van der Waals surface area contributed by atoms with Crippen LogP contribution in [-0.2, 0) is 16.6 Å². The van der Waals surface area contributed by atoms with Crippen molar-refractivity contribution in [1.29, 1.82) is 0 Å². The summed E-state index contributed by atoms with van der Waals surface area (Å²) >= 11 is 0. The highest BCUT2D eigenvalue weighted by atomic mass is 32.2. The van der Waals surface area contributed by atoms with E-state index in [1.54, 1.807) is 12.1 Å². The summed E-state index contributed by atoms with van der Waals surface area (Å²) in [5, 5.41) is 0. The Hall–Kier alpha value is -1.79. The van der Waals surface area contributed by atoms with Crippen LogP contribution in [0.1, 0.15) is 11.1 Å². The lowest BCUT2D eigenvalue weighted by molar-refractivity contribution is 0.504. The molecule has 0 saturated carbocycles. The van der Waals surface area contributed by atoms with Crippen molar-refractivity contribution in [1.82, 2.24) is 4.72 Å². The van der Waals surface area contributed by atoms with E-state index in [9.17, 15) is 17.2 Å². The summed E-state index contributed by atoms with van der Waals surface area (Å²) in [5.74, 6) is -2.27. The van der Waals surface area contributed by atoms with E-state index in [1.807, 2.05) is 19.1 Å². The first kappa shape index (κ1) is 14.6. The van der Waals surface area contributed by atoms with Crippen LogP contribution in [0.25, 0.3) is 0 Å². The van der Waals surface area contributed by atoms with Crippen molar-refractivity contribution in [2.75, 3.05) is 0 Å². The molecule has 0 spiro atoms. The number of sulfonamides is 1. The second-order valence-electron chi connectivity index (χ2n) is 4.33. The molecule has 0 aliphatic carbocycles. The van der Waals surface area contributed by atoms with Gasteiger partial charge in [0.05, 0.1) is 4.90 Å². The van der Waals surface area contributed by atoms with E-state index in [4.69, 9.17) is 0 Å². The lowest BCUT2D eigenvalue weighted by atomic mass is 10.1. The topological polar surface area (TPSA) is 46.2 Å². The lowest BCUT2D eigenvalue weighted by Gasteiger charge is -2.09. The number of aryl methyl sites for hydroxylation is 1. The maximum Gasteiger partial charge on any atom is 0.240 e. The number of rotatable bonds is 4. The van der Waals surface area contributed by atoms with Gasteiger partial charge in [0.25, 0.3) is 0 Å². The lowest BCUT2D eigenvalue weighted by Crippen LogP contribution is -2.23. The molecule has 0 radical (unpaired) electrons. The Morgan fingerprint density at radius 3 is 2.40 bits per heavy atom. The van der Waals surface area contributed by atoms with E-state index >= 15 is 0 Å². The van der Waals surface area contributed by atoms with Gasteiger partial charge >= 0.3 is 0 Å². The minimum absolute atomic E-state index is 0.0913. The molecule has 0 aliphatic rings. The number of halogens is 2. The van der Waals surface area contributed by atoms with Crippen LogP contribution in [-0.4, -0.2) is 8.42 Å². The van der Waals surface area contributed by atoms with Crippen molar-refractivity contribution in [2.45, 2.75) is 18.4 Å². The largest absolute Gasteiger partial charge is 0.240 e. The van der Waals surface area contributed by atoms with Gasteiger partial charge in [-0.3, -0.25) is 0 Å². The van der Waals surface area contributed by atoms with Gasteiger partial charge in [0, 0.05) is 6.54 Å². The van der Waals surface area contributed by atoms with E-state index in [0.717, 1.165) is 23.3 Å². The molecular weight excluding hydrogens is 284 g/mol. The van der Waals surface area contributed by atoms with E-state index in [1.165, 1.54) is 0 Å². The van der Waals surface area contributed by atoms with Crippen molar-refractivity contribution in [3.8, 4) is 0 Å². The van der Waals surface area contributed by atoms with Gasteiger partial charge in [-0.1, -0.05) is 24.3 Å². The zero-order valence-corrected chi connectivity index (χ0v) is 11.5. The highest BCUT2D eigenvalue weighted by Crippen LogP contribution is 2.14. The smallest absolute Gasteiger partial charge is 0.207 e. The summed E-state index contributed by atoms with van der Waals surface area (Å²) in [6, 6.07) is 9.78. The molecule has 106 valence electrons. The Morgan fingerprint density at radius 2 is 1.75 bits per heavy atom. The minimum Gasteiger partial charge on any atom is -0.207 e. The third-order valence-corrected chi connectivity index (χ3v) is 4.31. The molecule has 2 aromatic rings. The first-order valence-corrected chi connectivity index (χ1v) is 7.38. The molecule has 0 unspecified atom stereocenters. The van der Waals surface area contributed by atoms with Crippen molar-refractivity contribution in [3.05, 3.63) is 65.2 Å². The second-order valence-corrected chi connectivity index (χ2v) is 6.09. The molecule has 2 aromatic carbocycles. The molecule has 1 N–H and O–H groups in total. The fourth-order valence-electron chi connectivity index (χ4n) is 1.71. The van der Waals surface area contributed by atoms with Crippen LogP contribution in [0, 0.1) is 18.6 Å². The fraction of sp³-hybridized carbons (Fsp3) is 0.143. The Bertz CT molecular complexity index is 730. The first-order chi connectivity index (χ1) is 9.40. The molecule has 2 rings (SSSR count). The second kappa shape index (κ2) is 5.68. The molecule has 0 bridgehead atoms. The summed E-state index contributed by atoms with van der Waals surface area (Å²) < 4.78 is 52.2. The van der Waals surface area contributed by atoms with E-state index in [-0.39, 0.29) is 11.4 Å². The van der Waals surface area contributed by atoms with E-state index in [2.05, 4.69) is 4.72 Å². The fourth-order valence-corrected chi connectivity index (χ4v) is 2.73. The highest BCUT2D eigenvalue weighted by molar-refractivity contribution is 7.89. The van der Waals surface area contributed by atoms with Crippen LogP contribution in [0.5, 0.6) is 0 Å². The molecule has 0 fully saturated rings. The average molecular weight is 297 g/mol. The Morgan fingerprint density at radius 1 is 1.05 bits per heavy atom. The average Bonchev–Trinajstić information content (AvgIpc) is 2.41. The van der Waals surface area contributed by atoms with Crippen LogP contribution in [0.15, 0.2) is 47.4 Å². The molecule has 20 heavy (non-hydrogen) atoms. The normalized spacial score (nSPS) is 11.6. The Labute approximate surface area is 116 Å². The molecular formula is C14H13F2NO2S. The Kier molecular flexibility index (Phi) is 4.15. The molecule has 0 amide bonds. The van der Waals surface area contributed by atoms with Crippen molar-refractivity contribution >= 4 is 10.0 Å². The monoisotopic (exact) mass is 297 g/mol. The van der Waals surface area contributed by atoms with Gasteiger partial charge in [0.15, 0.2) is 11.6 Å². The highest BCUT2D eigenvalue weighted by Gasteiger charge is 2.16. The van der Waals surface area contributed by atoms with E-state index in [0.29, 0.717) is 6.07 Å². The number of nitrogens with one attached hydrogen (secondary N) is 1. The van der Waals surface area contributed by atoms with Gasteiger partial charge in [0.1, 0.15) is 0 Å². The molecule has 6 heteroatoms. The molecule has 0 atom stereocenters. The summed E-state index contributed by atoms with van der Waals surface area (Å²) in [5.41, 5.74) is 1.76. The van der Waals surface area contributed by atoms with Gasteiger partial charge in [-0.25, -0.2) is 21.9 Å². The van der Waals surface area contributed by atoms with Crippen LogP contribution >= 0.6 is 0 Å². The zero-order chi connectivity index (χ0) is 14.8. The van der Waals surface area contributed by atoms with Crippen molar-refractivity contribution < 1.29 is 17.2 Å². The first-order valence-electron chi connectivity index (χ1n) is 5.89. The van der Waals surface area contributed by atoms with Crippen molar-refractivity contribution in [3.63, 3.8) is 0 Å². The van der Waals surface area contributed by atoms with Crippen LogP contribution in [0.3, 0.4) is 0 Å². The quantitative estimate of drug-likeness (QED) is 0.943. The zero-order valence-electron chi connectivity index (χ0n) is 10.7. The molecule has 0 aromatic heterocycles. The molecule has 0 heterocycles. The maximum absolute atomic E-state index is 13.1. The third kappa shape index (κ3) is 3.20. The predicted octanol–water partition coefficient (Wildman–Crippen LogP) is 2.75. The van der Waals surface area contributed by atoms with E-state index < -0.39 is 21.7 Å². The van der Waals surface area contributed by atoms with Gasteiger partial charge in [-0.2, -0.15) is 0 Å². The summed E-state index contributed by atoms with van der Waals surface area (Å²) in [6.07, 6.45) is 0. The number of hydrogen-bond acceptors (Lipinski definition) is 2. The third-order valence-electron chi connectivity index (χ3n) is 2.92. The minimum atomic E-state index is -3.87. The van der Waals surface area contributed by atoms with Crippen LogP contribution < -0.4 is 4.72 Å². The van der Waals surface area contributed by atoms with Crippen LogP contribution in [0.2, 0.25) is 0 Å². The summed E-state index contributed by atoms with van der Waals surface area (Å²) in [4.78, 5) is -0.301. The molecule has 3 nitrogen and oxygen atoms in total. The number of benzene rings is 2. The summed E-state index contributed by atoms with van der Waals surface area (Å²) in [7, 11) is -3.87. The van der Waals surface area contributed by atoms with Gasteiger partial charge in [-0.15, -0.1) is 0 Å². The van der Waals surface area contributed by atoms with Gasteiger partial charge in [-0.05, 0) is 36.2 Å². The molecule has 0 saturated heterocycles. The van der Waals surface area contributed by atoms with Gasteiger partial charge in [0.2, 0.25) is 10.0 Å². The predicted molar refractivity (Wildman–Crippen MR) is 71.6 cm³/mol. The van der Waals surface area contributed by atoms with Crippen molar-refractivity contribution in [2.24, 2.45) is 0 Å². The molecule has 0 aliphatic heterocycles. The number of hydrogen-bond donors (Lipinski definition) is 1. The standard InChI is InChI=1S/C14H13F2NO2S/c1-10-4-2-3-5-11(10)9-17-20(18,19)12-6-7-13(15)14(16)8-12/h2-8,17H,9H2,1H3. The maximum atomic E-state index is 13.1.